The summed E-state index contributed by atoms with van der Waals surface area (Å²) in [6, 6.07) is 14.4. The highest BCUT2D eigenvalue weighted by molar-refractivity contribution is 7.99. The molecule has 0 unspecified atom stereocenters. The number of halogens is 2. The molecule has 142 valence electrons. The third kappa shape index (κ3) is 4.34. The fourth-order valence-corrected chi connectivity index (χ4v) is 4.16. The molecule has 0 saturated heterocycles. The lowest BCUT2D eigenvalue weighted by Crippen LogP contribution is -3.05. The van der Waals surface area contributed by atoms with Gasteiger partial charge in [0, 0.05) is 16.0 Å². The third-order valence-corrected chi connectivity index (χ3v) is 6.05. The van der Waals surface area contributed by atoms with Gasteiger partial charge in [-0.05, 0) is 49.7 Å². The molecule has 0 radical (unpaired) electrons. The van der Waals surface area contributed by atoms with Crippen LogP contribution in [0.25, 0.3) is 5.69 Å². The molecule has 0 spiro atoms. The molecule has 27 heavy (non-hydrogen) atoms. The summed E-state index contributed by atoms with van der Waals surface area (Å²) < 4.78 is 15.4. The van der Waals surface area contributed by atoms with E-state index in [4.69, 9.17) is 11.6 Å². The zero-order valence-electron chi connectivity index (χ0n) is 15.8. The minimum atomic E-state index is -0.265. The maximum Gasteiger partial charge on any atom is 0.196 e. The van der Waals surface area contributed by atoms with E-state index < -0.39 is 0 Å². The molecule has 0 saturated carbocycles. The van der Waals surface area contributed by atoms with Crippen molar-refractivity contribution in [2.24, 2.45) is 0 Å². The number of nitrogens with one attached hydrogen (secondary N) is 1. The molecule has 2 atom stereocenters. The summed E-state index contributed by atoms with van der Waals surface area (Å²) in [5.74, 6) is 0.578. The minimum absolute atomic E-state index is 0.0944. The van der Waals surface area contributed by atoms with Gasteiger partial charge in [-0.3, -0.25) is 4.57 Å². The van der Waals surface area contributed by atoms with Crippen molar-refractivity contribution >= 4 is 23.4 Å². The van der Waals surface area contributed by atoms with E-state index in [0.29, 0.717) is 0 Å². The Morgan fingerprint density at radius 2 is 1.70 bits per heavy atom. The first kappa shape index (κ1) is 19.9. The van der Waals surface area contributed by atoms with Gasteiger partial charge in [-0.25, -0.2) is 4.39 Å². The predicted molar refractivity (Wildman–Crippen MR) is 108 cm³/mol. The van der Waals surface area contributed by atoms with Crippen molar-refractivity contribution in [2.45, 2.75) is 30.3 Å². The number of benzene rings is 2. The number of rotatable bonds is 6. The van der Waals surface area contributed by atoms with Gasteiger partial charge in [-0.15, -0.1) is 10.2 Å². The highest BCUT2D eigenvalue weighted by atomic mass is 35.5. The molecule has 0 aliphatic carbocycles. The van der Waals surface area contributed by atoms with E-state index in [1.165, 1.54) is 17.0 Å². The standard InChI is InChI=1S/C20H22ClFN4S/c1-13(25(3)4)19-23-24-20(26(19)16-11-9-15(22)10-12-16)27-14(2)17-7-5-6-8-18(17)21/h5-14H,1-4H3/p+1/t13-,14-/m1/s1. The zero-order chi connectivity index (χ0) is 19.6. The summed E-state index contributed by atoms with van der Waals surface area (Å²) in [6.07, 6.45) is 0. The summed E-state index contributed by atoms with van der Waals surface area (Å²) in [6.45, 7) is 4.20. The third-order valence-electron chi connectivity index (χ3n) is 4.62. The molecule has 7 heteroatoms. The lowest BCUT2D eigenvalue weighted by atomic mass is 10.2. The Hall–Kier alpha value is -1.89. The Labute approximate surface area is 168 Å². The highest BCUT2D eigenvalue weighted by Crippen LogP contribution is 2.38. The molecule has 1 aromatic heterocycles. The van der Waals surface area contributed by atoms with E-state index in [0.717, 1.165) is 27.3 Å². The molecule has 3 aromatic rings. The van der Waals surface area contributed by atoms with Gasteiger partial charge in [-0.2, -0.15) is 0 Å². The largest absolute Gasteiger partial charge is 0.331 e. The van der Waals surface area contributed by atoms with E-state index in [9.17, 15) is 4.39 Å². The van der Waals surface area contributed by atoms with Crippen molar-refractivity contribution in [2.75, 3.05) is 14.1 Å². The van der Waals surface area contributed by atoms with Gasteiger partial charge in [0.25, 0.3) is 0 Å². The molecule has 1 heterocycles. The van der Waals surface area contributed by atoms with Gasteiger partial charge in [0.15, 0.2) is 11.0 Å². The second kappa shape index (κ2) is 8.42. The van der Waals surface area contributed by atoms with Crippen LogP contribution < -0.4 is 4.90 Å². The van der Waals surface area contributed by atoms with Gasteiger partial charge in [0.05, 0.1) is 14.1 Å². The van der Waals surface area contributed by atoms with Gasteiger partial charge in [0.2, 0.25) is 0 Å². The zero-order valence-corrected chi connectivity index (χ0v) is 17.4. The molecule has 0 aliphatic rings. The van der Waals surface area contributed by atoms with Crippen LogP contribution in [0.3, 0.4) is 0 Å². The maximum atomic E-state index is 13.4. The fraction of sp³-hybridized carbons (Fsp3) is 0.300. The molecule has 0 aliphatic heterocycles. The molecular formula is C20H23ClFN4S+. The van der Waals surface area contributed by atoms with Crippen molar-refractivity contribution in [1.82, 2.24) is 14.8 Å². The quantitative estimate of drug-likeness (QED) is 0.626. The minimum Gasteiger partial charge on any atom is -0.331 e. The number of hydrogen-bond donors (Lipinski definition) is 1. The smallest absolute Gasteiger partial charge is 0.196 e. The Morgan fingerprint density at radius 1 is 1.04 bits per heavy atom. The van der Waals surface area contributed by atoms with Crippen molar-refractivity contribution < 1.29 is 9.29 Å². The van der Waals surface area contributed by atoms with Crippen LogP contribution in [-0.4, -0.2) is 28.9 Å². The number of nitrogens with zero attached hydrogens (tertiary/aromatic N) is 3. The molecule has 2 aromatic carbocycles. The summed E-state index contributed by atoms with van der Waals surface area (Å²) in [5, 5.41) is 10.5. The van der Waals surface area contributed by atoms with Crippen LogP contribution >= 0.6 is 23.4 Å². The van der Waals surface area contributed by atoms with Crippen LogP contribution in [0.1, 0.15) is 36.5 Å². The highest BCUT2D eigenvalue weighted by Gasteiger charge is 2.25. The van der Waals surface area contributed by atoms with Gasteiger partial charge >= 0.3 is 0 Å². The lowest BCUT2D eigenvalue weighted by Gasteiger charge is -2.19. The van der Waals surface area contributed by atoms with Gasteiger partial charge < -0.3 is 4.90 Å². The summed E-state index contributed by atoms with van der Waals surface area (Å²) in [4.78, 5) is 1.24. The average molecular weight is 406 g/mol. The topological polar surface area (TPSA) is 35.1 Å². The van der Waals surface area contributed by atoms with Crippen molar-refractivity contribution in [3.05, 3.63) is 70.8 Å². The summed E-state index contributed by atoms with van der Waals surface area (Å²) in [7, 11) is 4.15. The fourth-order valence-electron chi connectivity index (χ4n) is 2.76. The van der Waals surface area contributed by atoms with Crippen LogP contribution in [0.15, 0.2) is 53.7 Å². The molecule has 0 amide bonds. The molecular weight excluding hydrogens is 383 g/mol. The summed E-state index contributed by atoms with van der Waals surface area (Å²) in [5.41, 5.74) is 1.89. The molecule has 4 nitrogen and oxygen atoms in total. The maximum absolute atomic E-state index is 13.4. The molecule has 0 bridgehead atoms. The molecule has 3 rings (SSSR count). The van der Waals surface area contributed by atoms with E-state index in [2.05, 4.69) is 38.1 Å². The number of hydrogen-bond acceptors (Lipinski definition) is 3. The first-order chi connectivity index (χ1) is 12.9. The second-order valence-electron chi connectivity index (χ2n) is 6.73. The Balaban J connectivity index is 2.02. The molecule has 1 N–H and O–H groups in total. The van der Waals surface area contributed by atoms with Crippen LogP contribution in [0.5, 0.6) is 0 Å². The number of quaternary nitrogens is 1. The van der Waals surface area contributed by atoms with Crippen LogP contribution in [0.2, 0.25) is 5.02 Å². The van der Waals surface area contributed by atoms with Crippen molar-refractivity contribution in [3.8, 4) is 5.69 Å². The first-order valence-electron chi connectivity index (χ1n) is 8.81. The lowest BCUT2D eigenvalue weighted by molar-refractivity contribution is -0.890. The van der Waals surface area contributed by atoms with E-state index in [1.54, 1.807) is 23.9 Å². The Kier molecular flexibility index (Phi) is 6.19. The number of thioether (sulfide) groups is 1. The Bertz CT molecular complexity index is 911. The monoisotopic (exact) mass is 405 g/mol. The van der Waals surface area contributed by atoms with Crippen LogP contribution in [-0.2, 0) is 0 Å². The average Bonchev–Trinajstić information content (AvgIpc) is 3.05. The van der Waals surface area contributed by atoms with E-state index >= 15 is 0 Å². The van der Waals surface area contributed by atoms with Crippen molar-refractivity contribution in [3.63, 3.8) is 0 Å². The van der Waals surface area contributed by atoms with Gasteiger partial charge in [-0.1, -0.05) is 41.6 Å². The predicted octanol–water partition coefficient (Wildman–Crippen LogP) is 4.12. The van der Waals surface area contributed by atoms with E-state index in [1.807, 2.05) is 28.8 Å². The second-order valence-corrected chi connectivity index (χ2v) is 8.45. The normalized spacial score (nSPS) is 13.7. The Morgan fingerprint density at radius 3 is 2.33 bits per heavy atom. The SMILES string of the molecule is C[C@H](c1nnc(S[C@H](C)c2ccccc2Cl)n1-c1ccc(F)cc1)[NH+](C)C. The van der Waals surface area contributed by atoms with Crippen LogP contribution in [0.4, 0.5) is 4.39 Å². The molecule has 0 fully saturated rings. The van der Waals surface area contributed by atoms with Crippen molar-refractivity contribution in [1.29, 1.82) is 0 Å². The van der Waals surface area contributed by atoms with E-state index in [-0.39, 0.29) is 17.1 Å². The van der Waals surface area contributed by atoms with Crippen LogP contribution in [0, 0.1) is 5.82 Å². The number of aromatic nitrogens is 3. The summed E-state index contributed by atoms with van der Waals surface area (Å²) >= 11 is 7.94. The van der Waals surface area contributed by atoms with Gasteiger partial charge in [0.1, 0.15) is 11.9 Å². The first-order valence-corrected chi connectivity index (χ1v) is 10.1.